The van der Waals surface area contributed by atoms with E-state index < -0.39 is 17.8 Å². The predicted molar refractivity (Wildman–Crippen MR) is 70.3 cm³/mol. The van der Waals surface area contributed by atoms with Crippen LogP contribution in [0, 0.1) is 11.8 Å². The van der Waals surface area contributed by atoms with E-state index in [0.717, 1.165) is 18.5 Å². The van der Waals surface area contributed by atoms with Crippen LogP contribution in [0.4, 0.5) is 5.69 Å². The number of aliphatic carboxylic acids is 1. The molecule has 4 nitrogen and oxygen atoms in total. The monoisotopic (exact) mass is 260 g/mol. The topological polar surface area (TPSA) is 60.4 Å². The summed E-state index contributed by atoms with van der Waals surface area (Å²) >= 11 is 0. The number of para-hydroxylation sites is 1. The lowest BCUT2D eigenvalue weighted by Gasteiger charge is -2.33. The second-order valence-electron chi connectivity index (χ2n) is 5.05. The van der Waals surface area contributed by atoms with Crippen molar-refractivity contribution in [3.63, 3.8) is 0 Å². The van der Waals surface area contributed by atoms with E-state index in [1.807, 2.05) is 30.3 Å². The second-order valence-corrected chi connectivity index (χ2v) is 5.05. The van der Waals surface area contributed by atoms with Crippen molar-refractivity contribution in [2.45, 2.75) is 25.7 Å². The van der Waals surface area contributed by atoms with Crippen molar-refractivity contribution >= 4 is 17.6 Å². The van der Waals surface area contributed by atoms with Gasteiger partial charge in [0.1, 0.15) is 0 Å². The van der Waals surface area contributed by atoms with E-state index in [9.17, 15) is 14.7 Å². The summed E-state index contributed by atoms with van der Waals surface area (Å²) in [5, 5.41) is 11.1. The van der Waals surface area contributed by atoms with Crippen LogP contribution < -0.4 is 10.0 Å². The molecule has 0 heterocycles. The van der Waals surface area contributed by atoms with Crippen LogP contribution >= 0.6 is 0 Å². The Morgan fingerprint density at radius 1 is 1.11 bits per heavy atom. The number of carbonyl (C=O) groups excluding carboxylic acids is 2. The summed E-state index contributed by atoms with van der Waals surface area (Å²) in [5.41, 5.74) is 0.787. The van der Waals surface area contributed by atoms with Gasteiger partial charge in [0.25, 0.3) is 0 Å². The first-order chi connectivity index (χ1) is 9.11. The maximum Gasteiger partial charge on any atom is 0.230 e. The van der Waals surface area contributed by atoms with Gasteiger partial charge in [-0.1, -0.05) is 31.0 Å². The average Bonchev–Trinajstić information content (AvgIpc) is 2.46. The van der Waals surface area contributed by atoms with Gasteiger partial charge in [-0.2, -0.15) is 0 Å². The van der Waals surface area contributed by atoms with E-state index in [2.05, 4.69) is 0 Å². The Labute approximate surface area is 113 Å². The van der Waals surface area contributed by atoms with Crippen LogP contribution in [0.25, 0.3) is 0 Å². The summed E-state index contributed by atoms with van der Waals surface area (Å²) in [6.45, 7) is 0. The number of hydrogen-bond donors (Lipinski definition) is 0. The number of rotatable bonds is 3. The molecule has 2 atom stereocenters. The molecule has 2 rings (SSSR count). The molecule has 1 aromatic rings. The molecule has 0 unspecified atom stereocenters. The minimum Gasteiger partial charge on any atom is -0.550 e. The van der Waals surface area contributed by atoms with Crippen molar-refractivity contribution in [1.29, 1.82) is 0 Å². The smallest absolute Gasteiger partial charge is 0.230 e. The summed E-state index contributed by atoms with van der Waals surface area (Å²) in [4.78, 5) is 25.1. The van der Waals surface area contributed by atoms with Gasteiger partial charge in [-0.15, -0.1) is 0 Å². The number of benzene rings is 1. The van der Waals surface area contributed by atoms with Crippen LogP contribution in [0.1, 0.15) is 25.7 Å². The van der Waals surface area contributed by atoms with Gasteiger partial charge >= 0.3 is 0 Å². The fourth-order valence-corrected chi connectivity index (χ4v) is 2.74. The first kappa shape index (κ1) is 13.6. The third kappa shape index (κ3) is 2.95. The van der Waals surface area contributed by atoms with Gasteiger partial charge in [0.05, 0.1) is 0 Å². The molecule has 0 aromatic heterocycles. The zero-order valence-electron chi connectivity index (χ0n) is 11.0. The molecule has 1 aliphatic rings. The Hall–Kier alpha value is -1.84. The lowest BCUT2D eigenvalue weighted by atomic mass is 9.78. The van der Waals surface area contributed by atoms with Crippen molar-refractivity contribution in [3.05, 3.63) is 30.3 Å². The van der Waals surface area contributed by atoms with Gasteiger partial charge in [-0.05, 0) is 25.0 Å². The van der Waals surface area contributed by atoms with E-state index in [4.69, 9.17) is 0 Å². The maximum absolute atomic E-state index is 12.4. The van der Waals surface area contributed by atoms with E-state index >= 15 is 0 Å². The number of amides is 1. The maximum atomic E-state index is 12.4. The van der Waals surface area contributed by atoms with Crippen molar-refractivity contribution in [3.8, 4) is 0 Å². The summed E-state index contributed by atoms with van der Waals surface area (Å²) in [7, 11) is 1.69. The van der Waals surface area contributed by atoms with Crippen LogP contribution in [0.5, 0.6) is 0 Å². The SMILES string of the molecule is CN(C(=O)[C@@H]1CCCC[C@H]1C(=O)[O-])c1ccccc1. The third-order valence-corrected chi connectivity index (χ3v) is 3.86. The van der Waals surface area contributed by atoms with Gasteiger partial charge < -0.3 is 14.8 Å². The standard InChI is InChI=1S/C15H19NO3/c1-16(11-7-3-2-4-8-11)14(17)12-9-5-6-10-13(12)15(18)19/h2-4,7-8,12-13H,5-6,9-10H2,1H3,(H,18,19)/p-1/t12-,13-/m1/s1. The van der Waals surface area contributed by atoms with Gasteiger partial charge in [0.2, 0.25) is 5.91 Å². The minimum absolute atomic E-state index is 0.125. The molecule has 0 spiro atoms. The highest BCUT2D eigenvalue weighted by molar-refractivity contribution is 5.96. The van der Waals surface area contributed by atoms with E-state index in [1.54, 1.807) is 11.9 Å². The second kappa shape index (κ2) is 5.87. The molecule has 102 valence electrons. The van der Waals surface area contributed by atoms with Crippen LogP contribution in [-0.2, 0) is 9.59 Å². The first-order valence-corrected chi connectivity index (χ1v) is 6.64. The Morgan fingerprint density at radius 3 is 2.26 bits per heavy atom. The molecule has 1 aromatic carbocycles. The molecule has 1 amide bonds. The molecule has 1 fully saturated rings. The number of carbonyl (C=O) groups is 2. The highest BCUT2D eigenvalue weighted by Gasteiger charge is 2.33. The Balaban J connectivity index is 2.15. The Morgan fingerprint density at radius 2 is 1.68 bits per heavy atom. The molecule has 19 heavy (non-hydrogen) atoms. The van der Waals surface area contributed by atoms with Gasteiger partial charge in [-0.3, -0.25) is 4.79 Å². The van der Waals surface area contributed by atoms with Crippen LogP contribution in [-0.4, -0.2) is 18.9 Å². The molecule has 1 aliphatic carbocycles. The Kier molecular flexibility index (Phi) is 4.20. The van der Waals surface area contributed by atoms with E-state index in [1.165, 1.54) is 0 Å². The van der Waals surface area contributed by atoms with Crippen LogP contribution in [0.3, 0.4) is 0 Å². The molecule has 0 radical (unpaired) electrons. The van der Waals surface area contributed by atoms with Crippen molar-refractivity contribution in [1.82, 2.24) is 0 Å². The lowest BCUT2D eigenvalue weighted by Crippen LogP contribution is -2.45. The number of carboxylic acid groups (broad SMARTS) is 1. The molecule has 4 heteroatoms. The number of anilines is 1. The van der Waals surface area contributed by atoms with Gasteiger partial charge in [0.15, 0.2) is 0 Å². The summed E-state index contributed by atoms with van der Waals surface area (Å²) in [6.07, 6.45) is 2.94. The lowest BCUT2D eigenvalue weighted by molar-refractivity contribution is -0.313. The minimum atomic E-state index is -1.10. The molecule has 1 saturated carbocycles. The third-order valence-electron chi connectivity index (χ3n) is 3.86. The van der Waals surface area contributed by atoms with Gasteiger partial charge in [-0.25, -0.2) is 0 Å². The van der Waals surface area contributed by atoms with Crippen LogP contribution in [0.15, 0.2) is 30.3 Å². The molecule has 0 N–H and O–H groups in total. The van der Waals surface area contributed by atoms with Crippen molar-refractivity contribution < 1.29 is 14.7 Å². The molecule has 0 saturated heterocycles. The number of nitrogens with zero attached hydrogens (tertiary/aromatic N) is 1. The quantitative estimate of drug-likeness (QED) is 0.820. The zero-order chi connectivity index (χ0) is 13.8. The van der Waals surface area contributed by atoms with Crippen LogP contribution in [0.2, 0.25) is 0 Å². The van der Waals surface area contributed by atoms with Gasteiger partial charge in [0, 0.05) is 30.5 Å². The van der Waals surface area contributed by atoms with E-state index in [-0.39, 0.29) is 5.91 Å². The molecule has 0 bridgehead atoms. The highest BCUT2D eigenvalue weighted by atomic mass is 16.4. The number of carboxylic acids is 1. The molecule has 0 aliphatic heterocycles. The molecular formula is C15H18NO3-. The zero-order valence-corrected chi connectivity index (χ0v) is 11.0. The predicted octanol–water partition coefficient (Wildman–Crippen LogP) is 1.21. The fourth-order valence-electron chi connectivity index (χ4n) is 2.74. The van der Waals surface area contributed by atoms with Crippen molar-refractivity contribution in [2.24, 2.45) is 11.8 Å². The summed E-state index contributed by atoms with van der Waals surface area (Å²) in [6, 6.07) is 9.28. The first-order valence-electron chi connectivity index (χ1n) is 6.64. The summed E-state index contributed by atoms with van der Waals surface area (Å²) < 4.78 is 0. The summed E-state index contributed by atoms with van der Waals surface area (Å²) in [5.74, 6) is -2.32. The number of hydrogen-bond acceptors (Lipinski definition) is 3. The average molecular weight is 260 g/mol. The molecular weight excluding hydrogens is 242 g/mol. The fraction of sp³-hybridized carbons (Fsp3) is 0.467. The Bertz CT molecular complexity index is 458. The van der Waals surface area contributed by atoms with E-state index in [0.29, 0.717) is 12.8 Å². The largest absolute Gasteiger partial charge is 0.550 e. The highest BCUT2D eigenvalue weighted by Crippen LogP contribution is 2.32. The normalized spacial score (nSPS) is 22.8. The van der Waals surface area contributed by atoms with Crippen molar-refractivity contribution in [2.75, 3.05) is 11.9 Å².